The summed E-state index contributed by atoms with van der Waals surface area (Å²) in [6.07, 6.45) is 2.15. The Labute approximate surface area is 147 Å². The Morgan fingerprint density at radius 3 is 2.76 bits per heavy atom. The van der Waals surface area contributed by atoms with Gasteiger partial charge in [-0.05, 0) is 43.2 Å². The summed E-state index contributed by atoms with van der Waals surface area (Å²) in [6.45, 7) is 5.27. The van der Waals surface area contributed by atoms with Crippen LogP contribution in [0.5, 0.6) is 5.75 Å². The maximum atomic E-state index is 10.2. The fraction of sp³-hybridized carbons (Fsp3) is 0.368. The van der Waals surface area contributed by atoms with Crippen LogP contribution in [0.4, 0.5) is 5.95 Å². The van der Waals surface area contributed by atoms with Gasteiger partial charge in [-0.3, -0.25) is 4.98 Å². The Kier molecular flexibility index (Phi) is 5.19. The van der Waals surface area contributed by atoms with Gasteiger partial charge in [0, 0.05) is 12.2 Å². The van der Waals surface area contributed by atoms with Crippen molar-refractivity contribution < 1.29 is 10.2 Å². The lowest BCUT2D eigenvalue weighted by atomic mass is 10.2. The molecule has 0 amide bonds. The Bertz CT molecular complexity index is 873. The highest BCUT2D eigenvalue weighted by molar-refractivity contribution is 5.79. The number of benzene rings is 1. The SMILES string of the molecule is CCCCNc1nc2ccc(CO)cc2n1Cc1nc(C)ccc1O. The van der Waals surface area contributed by atoms with Crippen LogP contribution in [0.25, 0.3) is 11.0 Å². The Balaban J connectivity index is 2.05. The highest BCUT2D eigenvalue weighted by Gasteiger charge is 2.14. The average Bonchev–Trinajstić information content (AvgIpc) is 2.95. The van der Waals surface area contributed by atoms with Crippen LogP contribution in [0.1, 0.15) is 36.7 Å². The maximum absolute atomic E-state index is 10.2. The Hall–Kier alpha value is -2.60. The van der Waals surface area contributed by atoms with Crippen molar-refractivity contribution in [2.24, 2.45) is 0 Å². The fourth-order valence-electron chi connectivity index (χ4n) is 2.81. The first-order valence-corrected chi connectivity index (χ1v) is 8.61. The average molecular weight is 340 g/mol. The first-order valence-electron chi connectivity index (χ1n) is 8.61. The number of rotatable bonds is 7. The number of pyridine rings is 1. The molecule has 3 aromatic rings. The predicted octanol–water partition coefficient (Wildman–Crippen LogP) is 3.20. The lowest BCUT2D eigenvalue weighted by molar-refractivity contribution is 0.282. The first kappa shape index (κ1) is 17.2. The molecule has 0 aliphatic carbocycles. The topological polar surface area (TPSA) is 83.2 Å². The molecule has 0 unspecified atom stereocenters. The van der Waals surface area contributed by atoms with Crippen molar-refractivity contribution in [1.82, 2.24) is 14.5 Å². The van der Waals surface area contributed by atoms with E-state index in [1.807, 2.05) is 29.7 Å². The van der Waals surface area contributed by atoms with Gasteiger partial charge < -0.3 is 20.1 Å². The number of anilines is 1. The fourth-order valence-corrected chi connectivity index (χ4v) is 2.81. The molecular formula is C19H24N4O2. The molecule has 132 valence electrons. The van der Waals surface area contributed by atoms with Crippen LogP contribution in [0.3, 0.4) is 0 Å². The van der Waals surface area contributed by atoms with Crippen LogP contribution < -0.4 is 5.32 Å². The summed E-state index contributed by atoms with van der Waals surface area (Å²) in [7, 11) is 0. The molecule has 2 aromatic heterocycles. The number of unbranched alkanes of at least 4 members (excludes halogenated alkanes) is 1. The third-order valence-electron chi connectivity index (χ3n) is 4.21. The Morgan fingerprint density at radius 1 is 1.16 bits per heavy atom. The molecular weight excluding hydrogens is 316 g/mol. The standard InChI is InChI=1S/C19H24N4O2/c1-3-4-9-20-19-22-15-7-6-14(12-24)10-17(15)23(19)11-16-18(25)8-5-13(2)21-16/h5-8,10,24-25H,3-4,9,11-12H2,1-2H3,(H,20,22). The second kappa shape index (κ2) is 7.53. The van der Waals surface area contributed by atoms with Gasteiger partial charge in [0.25, 0.3) is 0 Å². The number of aryl methyl sites for hydroxylation is 1. The van der Waals surface area contributed by atoms with E-state index in [0.717, 1.165) is 47.6 Å². The summed E-state index contributed by atoms with van der Waals surface area (Å²) in [5, 5.41) is 23.0. The molecule has 0 spiro atoms. The van der Waals surface area contributed by atoms with Crippen molar-refractivity contribution in [1.29, 1.82) is 0 Å². The highest BCUT2D eigenvalue weighted by atomic mass is 16.3. The number of aromatic nitrogens is 3. The molecule has 0 radical (unpaired) electrons. The van der Waals surface area contributed by atoms with Crippen molar-refractivity contribution >= 4 is 17.0 Å². The molecule has 0 aliphatic rings. The van der Waals surface area contributed by atoms with Crippen molar-refractivity contribution in [3.05, 3.63) is 47.3 Å². The molecule has 25 heavy (non-hydrogen) atoms. The molecule has 1 aromatic carbocycles. The molecule has 0 atom stereocenters. The summed E-state index contributed by atoms with van der Waals surface area (Å²) < 4.78 is 2.01. The van der Waals surface area contributed by atoms with E-state index in [4.69, 9.17) is 0 Å². The van der Waals surface area contributed by atoms with Crippen molar-refractivity contribution in [2.75, 3.05) is 11.9 Å². The second-order valence-electron chi connectivity index (χ2n) is 6.20. The molecule has 0 saturated carbocycles. The zero-order valence-electron chi connectivity index (χ0n) is 14.7. The smallest absolute Gasteiger partial charge is 0.204 e. The molecule has 0 saturated heterocycles. The van der Waals surface area contributed by atoms with E-state index in [0.29, 0.717) is 12.2 Å². The highest BCUT2D eigenvalue weighted by Crippen LogP contribution is 2.25. The van der Waals surface area contributed by atoms with Crippen LogP contribution in [-0.2, 0) is 13.2 Å². The predicted molar refractivity (Wildman–Crippen MR) is 98.8 cm³/mol. The van der Waals surface area contributed by atoms with Gasteiger partial charge >= 0.3 is 0 Å². The Morgan fingerprint density at radius 2 is 2.00 bits per heavy atom. The zero-order valence-corrected chi connectivity index (χ0v) is 14.7. The third-order valence-corrected chi connectivity index (χ3v) is 4.21. The van der Waals surface area contributed by atoms with Crippen LogP contribution in [0, 0.1) is 6.92 Å². The maximum Gasteiger partial charge on any atom is 0.204 e. The molecule has 3 rings (SSSR count). The van der Waals surface area contributed by atoms with E-state index in [-0.39, 0.29) is 12.4 Å². The number of aliphatic hydroxyl groups is 1. The largest absolute Gasteiger partial charge is 0.506 e. The zero-order chi connectivity index (χ0) is 17.8. The summed E-state index contributed by atoms with van der Waals surface area (Å²) in [4.78, 5) is 9.13. The van der Waals surface area contributed by atoms with E-state index in [1.54, 1.807) is 12.1 Å². The number of nitrogens with zero attached hydrogens (tertiary/aromatic N) is 3. The van der Waals surface area contributed by atoms with Crippen molar-refractivity contribution in [3.8, 4) is 5.75 Å². The first-order chi connectivity index (χ1) is 12.1. The molecule has 0 fully saturated rings. The van der Waals surface area contributed by atoms with Gasteiger partial charge in [0.2, 0.25) is 5.95 Å². The number of hydrogen-bond acceptors (Lipinski definition) is 5. The molecule has 6 heteroatoms. The summed E-state index contributed by atoms with van der Waals surface area (Å²) in [6, 6.07) is 9.17. The summed E-state index contributed by atoms with van der Waals surface area (Å²) in [5.41, 5.74) is 4.05. The number of aliphatic hydroxyl groups excluding tert-OH is 1. The van der Waals surface area contributed by atoms with E-state index in [1.165, 1.54) is 0 Å². The van der Waals surface area contributed by atoms with E-state index >= 15 is 0 Å². The summed E-state index contributed by atoms with van der Waals surface area (Å²) >= 11 is 0. The van der Waals surface area contributed by atoms with E-state index in [9.17, 15) is 10.2 Å². The van der Waals surface area contributed by atoms with Crippen LogP contribution >= 0.6 is 0 Å². The molecule has 0 bridgehead atoms. The number of hydrogen-bond donors (Lipinski definition) is 3. The van der Waals surface area contributed by atoms with Gasteiger partial charge in [0.15, 0.2) is 0 Å². The quantitative estimate of drug-likeness (QED) is 0.575. The summed E-state index contributed by atoms with van der Waals surface area (Å²) in [5.74, 6) is 0.923. The number of imidazole rings is 1. The number of nitrogens with one attached hydrogen (secondary N) is 1. The monoisotopic (exact) mass is 340 g/mol. The van der Waals surface area contributed by atoms with E-state index in [2.05, 4.69) is 22.2 Å². The third kappa shape index (κ3) is 3.74. The molecule has 2 heterocycles. The minimum Gasteiger partial charge on any atom is -0.506 e. The number of fused-ring (bicyclic) bond motifs is 1. The van der Waals surface area contributed by atoms with Gasteiger partial charge in [-0.1, -0.05) is 19.4 Å². The molecule has 3 N–H and O–H groups in total. The van der Waals surface area contributed by atoms with Gasteiger partial charge in [-0.2, -0.15) is 0 Å². The number of aromatic hydroxyl groups is 1. The van der Waals surface area contributed by atoms with Gasteiger partial charge in [-0.15, -0.1) is 0 Å². The van der Waals surface area contributed by atoms with Crippen LogP contribution in [0.2, 0.25) is 0 Å². The lowest BCUT2D eigenvalue weighted by Crippen LogP contribution is -2.11. The normalized spacial score (nSPS) is 11.2. The molecule has 0 aliphatic heterocycles. The second-order valence-corrected chi connectivity index (χ2v) is 6.20. The van der Waals surface area contributed by atoms with E-state index < -0.39 is 0 Å². The van der Waals surface area contributed by atoms with Crippen LogP contribution in [-0.4, -0.2) is 31.3 Å². The van der Waals surface area contributed by atoms with Crippen LogP contribution in [0.15, 0.2) is 30.3 Å². The van der Waals surface area contributed by atoms with Crippen molar-refractivity contribution in [2.45, 2.75) is 39.8 Å². The van der Waals surface area contributed by atoms with Gasteiger partial charge in [-0.25, -0.2) is 4.98 Å². The van der Waals surface area contributed by atoms with Gasteiger partial charge in [0.1, 0.15) is 11.4 Å². The minimum absolute atomic E-state index is 0.0202. The molecule has 6 nitrogen and oxygen atoms in total. The van der Waals surface area contributed by atoms with Crippen molar-refractivity contribution in [3.63, 3.8) is 0 Å². The lowest BCUT2D eigenvalue weighted by Gasteiger charge is -2.12. The minimum atomic E-state index is -0.0202. The van der Waals surface area contributed by atoms with Gasteiger partial charge in [0.05, 0.1) is 24.2 Å².